The van der Waals surface area contributed by atoms with Gasteiger partial charge in [0.1, 0.15) is 10.8 Å². The molecular formula is C23H30N4O3S. The van der Waals surface area contributed by atoms with E-state index in [-0.39, 0.29) is 17.7 Å². The summed E-state index contributed by atoms with van der Waals surface area (Å²) >= 11 is 1.68. The van der Waals surface area contributed by atoms with Crippen molar-refractivity contribution in [1.29, 1.82) is 0 Å². The first kappa shape index (κ1) is 21.8. The first-order valence-corrected chi connectivity index (χ1v) is 11.8. The average Bonchev–Trinajstić information content (AvgIpc) is 3.27. The third kappa shape index (κ3) is 5.25. The van der Waals surface area contributed by atoms with Crippen LogP contribution in [0.15, 0.2) is 29.6 Å². The van der Waals surface area contributed by atoms with Crippen molar-refractivity contribution in [3.63, 3.8) is 0 Å². The highest BCUT2D eigenvalue weighted by molar-refractivity contribution is 7.09. The van der Waals surface area contributed by atoms with Crippen LogP contribution in [0.4, 0.5) is 0 Å². The molecule has 0 spiro atoms. The number of piperazine rings is 1. The minimum Gasteiger partial charge on any atom is -0.497 e. The molecule has 4 rings (SSSR count). The van der Waals surface area contributed by atoms with Gasteiger partial charge in [0.25, 0.3) is 0 Å². The zero-order valence-corrected chi connectivity index (χ0v) is 19.1. The second-order valence-electron chi connectivity index (χ2n) is 8.24. The molecule has 0 aliphatic carbocycles. The summed E-state index contributed by atoms with van der Waals surface area (Å²) in [6.07, 6.45) is 1.57. The molecule has 0 atom stereocenters. The van der Waals surface area contributed by atoms with Crippen molar-refractivity contribution in [2.75, 3.05) is 46.4 Å². The van der Waals surface area contributed by atoms with Gasteiger partial charge in [-0.1, -0.05) is 0 Å². The molecule has 7 nitrogen and oxygen atoms in total. The second-order valence-corrected chi connectivity index (χ2v) is 9.18. The maximum absolute atomic E-state index is 12.9. The van der Waals surface area contributed by atoms with Gasteiger partial charge in [0.2, 0.25) is 11.8 Å². The molecule has 2 aromatic rings. The number of hydrogen-bond donors (Lipinski definition) is 0. The summed E-state index contributed by atoms with van der Waals surface area (Å²) in [6, 6.07) is 7.97. The summed E-state index contributed by atoms with van der Waals surface area (Å²) in [5.74, 6) is 1.28. The molecule has 8 heteroatoms. The zero-order chi connectivity index (χ0) is 21.8. The van der Waals surface area contributed by atoms with Gasteiger partial charge in [-0.2, -0.15) is 0 Å². The fraction of sp³-hybridized carbons (Fsp3) is 0.522. The molecule has 2 amide bonds. The summed E-state index contributed by atoms with van der Waals surface area (Å²) in [4.78, 5) is 35.4. The van der Waals surface area contributed by atoms with Gasteiger partial charge in [-0.05, 0) is 37.1 Å². The number of nitrogens with zero attached hydrogens (tertiary/aromatic N) is 4. The van der Waals surface area contributed by atoms with Crippen molar-refractivity contribution in [3.05, 3.63) is 34.7 Å². The van der Waals surface area contributed by atoms with Crippen LogP contribution >= 0.6 is 11.3 Å². The van der Waals surface area contributed by atoms with E-state index in [0.717, 1.165) is 67.6 Å². The molecule has 0 saturated carbocycles. The fourth-order valence-corrected chi connectivity index (χ4v) is 5.14. The number of aromatic nitrogens is 1. The van der Waals surface area contributed by atoms with E-state index in [1.165, 1.54) is 0 Å². The number of piperidine rings is 1. The maximum atomic E-state index is 12.9. The molecule has 2 aliphatic rings. The van der Waals surface area contributed by atoms with Crippen LogP contribution in [0.5, 0.6) is 5.75 Å². The van der Waals surface area contributed by atoms with Crippen LogP contribution < -0.4 is 4.74 Å². The minimum atomic E-state index is 0.0631. The van der Waals surface area contributed by atoms with E-state index in [1.54, 1.807) is 25.4 Å². The van der Waals surface area contributed by atoms with E-state index >= 15 is 0 Å². The van der Waals surface area contributed by atoms with Crippen LogP contribution in [0.25, 0.3) is 11.3 Å². The van der Waals surface area contributed by atoms with Crippen molar-refractivity contribution in [2.24, 2.45) is 5.92 Å². The molecule has 166 valence electrons. The molecule has 0 radical (unpaired) electrons. The Balaban J connectivity index is 1.25. The van der Waals surface area contributed by atoms with E-state index in [9.17, 15) is 9.59 Å². The molecule has 1 aromatic carbocycles. The minimum absolute atomic E-state index is 0.0631. The van der Waals surface area contributed by atoms with Crippen molar-refractivity contribution in [2.45, 2.75) is 26.3 Å². The number of rotatable bonds is 5. The topological polar surface area (TPSA) is 66.0 Å². The van der Waals surface area contributed by atoms with Gasteiger partial charge in [0.15, 0.2) is 0 Å². The van der Waals surface area contributed by atoms with Crippen molar-refractivity contribution >= 4 is 23.2 Å². The summed E-state index contributed by atoms with van der Waals surface area (Å²) in [5.41, 5.74) is 2.09. The van der Waals surface area contributed by atoms with Crippen molar-refractivity contribution in [3.8, 4) is 17.0 Å². The zero-order valence-electron chi connectivity index (χ0n) is 18.2. The summed E-state index contributed by atoms with van der Waals surface area (Å²) < 4.78 is 5.22. The number of methoxy groups -OCH3 is 1. The Morgan fingerprint density at radius 1 is 1.03 bits per heavy atom. The first-order valence-electron chi connectivity index (χ1n) is 10.9. The standard InChI is InChI=1S/C23H30N4O3S/c1-17(28)26-9-7-19(8-10-26)23(29)27-13-11-25(12-14-27)15-22-24-21(16-31-22)18-3-5-20(30-2)6-4-18/h3-6,16,19H,7-15H2,1-2H3. The number of likely N-dealkylation sites (tertiary alicyclic amines) is 1. The molecule has 1 aromatic heterocycles. The van der Waals surface area contributed by atoms with Crippen LogP contribution in [0.1, 0.15) is 24.8 Å². The highest BCUT2D eigenvalue weighted by atomic mass is 32.1. The van der Waals surface area contributed by atoms with Gasteiger partial charge in [-0.3, -0.25) is 14.5 Å². The second kappa shape index (κ2) is 9.78. The van der Waals surface area contributed by atoms with Gasteiger partial charge in [-0.15, -0.1) is 11.3 Å². The molecule has 2 aliphatic heterocycles. The number of carbonyl (C=O) groups excluding carboxylic acids is 2. The van der Waals surface area contributed by atoms with Crippen molar-refractivity contribution in [1.82, 2.24) is 19.7 Å². The lowest BCUT2D eigenvalue weighted by Crippen LogP contribution is -2.51. The molecule has 0 unspecified atom stereocenters. The third-order valence-corrected chi connectivity index (χ3v) is 7.10. The molecular weight excluding hydrogens is 412 g/mol. The monoisotopic (exact) mass is 442 g/mol. The van der Waals surface area contributed by atoms with Crippen molar-refractivity contribution < 1.29 is 14.3 Å². The summed E-state index contributed by atoms with van der Waals surface area (Å²) in [6.45, 7) is 7.10. The van der Waals surface area contributed by atoms with Crippen LogP contribution in [0.2, 0.25) is 0 Å². The molecule has 31 heavy (non-hydrogen) atoms. The normalized spacial score (nSPS) is 18.3. The lowest BCUT2D eigenvalue weighted by atomic mass is 9.95. The largest absolute Gasteiger partial charge is 0.497 e. The molecule has 2 fully saturated rings. The van der Waals surface area contributed by atoms with E-state index in [1.807, 2.05) is 34.1 Å². The molecule has 2 saturated heterocycles. The lowest BCUT2D eigenvalue weighted by Gasteiger charge is -2.38. The molecule has 3 heterocycles. The van der Waals surface area contributed by atoms with Gasteiger partial charge < -0.3 is 14.5 Å². The van der Waals surface area contributed by atoms with Crippen LogP contribution in [0, 0.1) is 5.92 Å². The van der Waals surface area contributed by atoms with E-state index in [0.29, 0.717) is 13.1 Å². The highest BCUT2D eigenvalue weighted by Gasteiger charge is 2.31. The Kier molecular flexibility index (Phi) is 6.87. The quantitative estimate of drug-likeness (QED) is 0.712. The van der Waals surface area contributed by atoms with Crippen LogP contribution in [-0.4, -0.2) is 77.9 Å². The predicted octanol–water partition coefficient (Wildman–Crippen LogP) is 2.72. The average molecular weight is 443 g/mol. The van der Waals surface area contributed by atoms with Gasteiger partial charge in [0, 0.05) is 63.1 Å². The number of carbonyl (C=O) groups is 2. The van der Waals surface area contributed by atoms with E-state index in [4.69, 9.17) is 9.72 Å². The van der Waals surface area contributed by atoms with Crippen LogP contribution in [-0.2, 0) is 16.1 Å². The summed E-state index contributed by atoms with van der Waals surface area (Å²) in [5, 5.41) is 3.20. The van der Waals surface area contributed by atoms with Gasteiger partial charge >= 0.3 is 0 Å². The lowest BCUT2D eigenvalue weighted by molar-refractivity contribution is -0.141. The SMILES string of the molecule is COc1ccc(-c2csc(CN3CCN(C(=O)C4CCN(C(C)=O)CC4)CC3)n2)cc1. The number of benzene rings is 1. The number of ether oxygens (including phenoxy) is 1. The maximum Gasteiger partial charge on any atom is 0.225 e. The third-order valence-electron chi connectivity index (χ3n) is 6.27. The smallest absolute Gasteiger partial charge is 0.225 e. The Bertz CT molecular complexity index is 898. The molecule has 0 N–H and O–H groups in total. The number of amides is 2. The Hall–Kier alpha value is -2.45. The number of hydrogen-bond acceptors (Lipinski definition) is 6. The Morgan fingerprint density at radius 3 is 2.32 bits per heavy atom. The fourth-order valence-electron chi connectivity index (χ4n) is 4.30. The first-order chi connectivity index (χ1) is 15.0. The van der Waals surface area contributed by atoms with E-state index < -0.39 is 0 Å². The van der Waals surface area contributed by atoms with Crippen LogP contribution in [0.3, 0.4) is 0 Å². The highest BCUT2D eigenvalue weighted by Crippen LogP contribution is 2.25. The molecule has 0 bridgehead atoms. The Labute approximate surface area is 187 Å². The predicted molar refractivity (Wildman–Crippen MR) is 121 cm³/mol. The summed E-state index contributed by atoms with van der Waals surface area (Å²) in [7, 11) is 1.67. The van der Waals surface area contributed by atoms with Gasteiger partial charge in [-0.25, -0.2) is 4.98 Å². The number of thiazole rings is 1. The van der Waals surface area contributed by atoms with E-state index in [2.05, 4.69) is 10.3 Å². The Morgan fingerprint density at radius 2 is 1.71 bits per heavy atom. The van der Waals surface area contributed by atoms with Gasteiger partial charge in [0.05, 0.1) is 19.3 Å².